The Kier molecular flexibility index (Phi) is 14.7. The van der Waals surface area contributed by atoms with Gasteiger partial charge in [-0.3, -0.25) is 9.59 Å². The second kappa shape index (κ2) is 18.5. The van der Waals surface area contributed by atoms with Crippen molar-refractivity contribution >= 4 is 45.7 Å². The Morgan fingerprint density at radius 1 is 0.615 bits per heavy atom. The number of carbonyl (C=O) groups excluding carboxylic acids is 2. The van der Waals surface area contributed by atoms with E-state index in [2.05, 4.69) is 26.2 Å². The number of ether oxygens (including phenoxy) is 6. The van der Waals surface area contributed by atoms with Gasteiger partial charge in [0, 0.05) is 27.1 Å². The van der Waals surface area contributed by atoms with Crippen LogP contribution >= 0.6 is 0 Å². The largest absolute Gasteiger partial charge is 0.436 e. The van der Waals surface area contributed by atoms with Crippen molar-refractivity contribution in [2.24, 2.45) is 0 Å². The van der Waals surface area contributed by atoms with Crippen LogP contribution < -0.4 is 9.47 Å². The fourth-order valence-corrected chi connectivity index (χ4v) is 35.6. The van der Waals surface area contributed by atoms with Gasteiger partial charge in [0.15, 0.2) is 16.6 Å². The average molecular weight is 791 g/mol. The molecule has 0 aromatic heterocycles. The lowest BCUT2D eigenvalue weighted by Gasteiger charge is -2.51. The minimum absolute atomic E-state index is 0.239. The lowest BCUT2D eigenvalue weighted by molar-refractivity contribution is -0.132. The summed E-state index contributed by atoms with van der Waals surface area (Å²) in [6.45, 7) is 16.3. The van der Waals surface area contributed by atoms with E-state index in [9.17, 15) is 9.59 Å². The zero-order valence-electron chi connectivity index (χ0n) is 31.9. The van der Waals surface area contributed by atoms with Crippen molar-refractivity contribution in [1.82, 2.24) is 0 Å². The van der Waals surface area contributed by atoms with Gasteiger partial charge in [0.05, 0.1) is 26.4 Å². The van der Waals surface area contributed by atoms with Crippen LogP contribution in [-0.4, -0.2) is 97.5 Å². The summed E-state index contributed by atoms with van der Waals surface area (Å²) in [5.41, 5.74) is 3.32. The number of esters is 2. The van der Waals surface area contributed by atoms with E-state index in [1.807, 2.05) is 48.5 Å². The fourth-order valence-electron chi connectivity index (χ4n) is 7.25. The first-order valence-electron chi connectivity index (χ1n) is 18.8. The average Bonchev–Trinajstić information content (AvgIpc) is 3.99. The molecule has 0 amide bonds. The number of hydrogen-bond donors (Lipinski definition) is 0. The maximum Gasteiger partial charge on any atom is 0.316 e. The fraction of sp³-hybridized carbons (Fsp3) is 0.622. The smallest absolute Gasteiger partial charge is 0.316 e. The van der Waals surface area contributed by atoms with E-state index in [1.54, 1.807) is 0 Å². The van der Waals surface area contributed by atoms with Gasteiger partial charge in [-0.05, 0) is 117 Å². The molecule has 5 rings (SSSR count). The maximum absolute atomic E-state index is 11.5. The molecule has 3 saturated heterocycles. The lowest BCUT2D eigenvalue weighted by Crippen LogP contribution is -2.65. The summed E-state index contributed by atoms with van der Waals surface area (Å²) in [5, 5.41) is 0. The highest BCUT2D eigenvalue weighted by atomic mass is 28.5. The minimum Gasteiger partial charge on any atom is -0.436 e. The van der Waals surface area contributed by atoms with Crippen molar-refractivity contribution in [2.75, 3.05) is 39.6 Å². The molecule has 0 saturated carbocycles. The van der Waals surface area contributed by atoms with E-state index in [0.717, 1.165) is 74.3 Å². The minimum atomic E-state index is -2.76. The Labute approximate surface area is 313 Å². The SMILES string of the molecule is CC(=O)Oc1ccc(CC[Si]2(C)C[Si](C)(CCCOCC3CO3)O[Si](C)(CCc3ccc(OC(C)=O)cc3)O[Si](C)(CCCOCC3CO3)O2)cc1. The first-order valence-corrected chi connectivity index (χ1v) is 29.4. The van der Waals surface area contributed by atoms with Crippen LogP contribution in [0.3, 0.4) is 0 Å². The molecule has 2 aromatic rings. The molecule has 6 atom stereocenters. The molecule has 15 heteroatoms. The van der Waals surface area contributed by atoms with E-state index in [0.29, 0.717) is 37.9 Å². The maximum atomic E-state index is 11.5. The molecule has 3 aliphatic rings. The van der Waals surface area contributed by atoms with Gasteiger partial charge >= 0.3 is 29.1 Å². The van der Waals surface area contributed by atoms with E-state index in [4.69, 9.17) is 40.8 Å². The van der Waals surface area contributed by atoms with Gasteiger partial charge in [0.2, 0.25) is 0 Å². The van der Waals surface area contributed by atoms with Gasteiger partial charge in [-0.15, -0.1) is 0 Å². The quantitative estimate of drug-likeness (QED) is 0.0461. The molecule has 0 radical (unpaired) electrons. The third-order valence-corrected chi connectivity index (χ3v) is 31.6. The number of epoxide rings is 2. The van der Waals surface area contributed by atoms with Crippen LogP contribution in [0, 0.1) is 0 Å². The summed E-state index contributed by atoms with van der Waals surface area (Å²) in [7, 11) is -10.3. The normalized spacial score (nSPS) is 29.9. The highest BCUT2D eigenvalue weighted by molar-refractivity contribution is 7.00. The van der Waals surface area contributed by atoms with E-state index >= 15 is 0 Å². The highest BCUT2D eigenvalue weighted by Gasteiger charge is 2.55. The summed E-state index contributed by atoms with van der Waals surface area (Å²) < 4.78 is 55.7. The van der Waals surface area contributed by atoms with Crippen molar-refractivity contribution in [2.45, 2.75) is 108 Å². The van der Waals surface area contributed by atoms with Crippen LogP contribution in [0.5, 0.6) is 11.5 Å². The van der Waals surface area contributed by atoms with Gasteiger partial charge in [-0.2, -0.15) is 0 Å². The standard InChI is InChI=1S/C37H58O11Si4/c1-30(38)44-34-13-9-32(10-14-34)17-23-50(4)29-49(3,21-7-19-40-25-36-27-42-36)46-52(6,24-18-33-11-15-35(16-12-33)45-31(2)39)48-51(5,47-50)22-8-20-41-26-37-28-43-37/h9-16,36-37H,7-8,17-29H2,1-6H3. The second-order valence-corrected chi connectivity index (χ2v) is 31.6. The van der Waals surface area contributed by atoms with Crippen LogP contribution in [0.4, 0.5) is 0 Å². The van der Waals surface area contributed by atoms with Crippen molar-refractivity contribution in [3.63, 3.8) is 0 Å². The lowest BCUT2D eigenvalue weighted by atomic mass is 10.2. The summed E-state index contributed by atoms with van der Waals surface area (Å²) >= 11 is 0. The Balaban J connectivity index is 1.34. The number of carbonyl (C=O) groups is 2. The molecule has 52 heavy (non-hydrogen) atoms. The van der Waals surface area contributed by atoms with Crippen LogP contribution in [0.15, 0.2) is 48.5 Å². The van der Waals surface area contributed by atoms with Gasteiger partial charge in [-0.25, -0.2) is 0 Å². The van der Waals surface area contributed by atoms with Gasteiger partial charge in [0.1, 0.15) is 23.7 Å². The molecular weight excluding hydrogens is 733 g/mol. The molecule has 3 heterocycles. The zero-order valence-corrected chi connectivity index (χ0v) is 35.9. The van der Waals surface area contributed by atoms with Crippen molar-refractivity contribution in [3.8, 4) is 11.5 Å². The third kappa shape index (κ3) is 14.3. The second-order valence-electron chi connectivity index (χ2n) is 15.4. The number of rotatable bonds is 20. The Hall–Kier alpha value is -2.03. The van der Waals surface area contributed by atoms with Crippen LogP contribution in [0.2, 0.25) is 56.0 Å². The number of benzene rings is 2. The number of hydrogen-bond acceptors (Lipinski definition) is 11. The molecule has 0 aliphatic carbocycles. The van der Waals surface area contributed by atoms with Crippen LogP contribution in [0.25, 0.3) is 0 Å². The predicted octanol–water partition coefficient (Wildman–Crippen LogP) is 6.83. The first kappa shape index (κ1) is 41.1. The first-order chi connectivity index (χ1) is 24.7. The zero-order chi connectivity index (χ0) is 37.2. The molecule has 6 unspecified atom stereocenters. The predicted molar refractivity (Wildman–Crippen MR) is 207 cm³/mol. The highest BCUT2D eigenvalue weighted by Crippen LogP contribution is 2.41. The summed E-state index contributed by atoms with van der Waals surface area (Å²) in [4.78, 5) is 22.9. The summed E-state index contributed by atoms with van der Waals surface area (Å²) in [6, 6.07) is 19.1. The van der Waals surface area contributed by atoms with Crippen LogP contribution in [0.1, 0.15) is 37.8 Å². The van der Waals surface area contributed by atoms with E-state index < -0.39 is 33.8 Å². The van der Waals surface area contributed by atoms with Crippen molar-refractivity contribution in [3.05, 3.63) is 59.7 Å². The molecular formula is C37H58O11Si4. The molecule has 0 spiro atoms. The van der Waals surface area contributed by atoms with Crippen LogP contribution in [-0.2, 0) is 53.7 Å². The van der Waals surface area contributed by atoms with E-state index in [-0.39, 0.29) is 24.1 Å². The van der Waals surface area contributed by atoms with Crippen molar-refractivity contribution in [1.29, 1.82) is 0 Å². The summed E-state index contributed by atoms with van der Waals surface area (Å²) in [5.74, 6) is 0.443. The molecule has 3 aliphatic heterocycles. The van der Waals surface area contributed by atoms with Gasteiger partial charge in [0.25, 0.3) is 0 Å². The molecule has 288 valence electrons. The molecule has 0 bridgehead atoms. The van der Waals surface area contributed by atoms with Crippen molar-refractivity contribution < 1.29 is 50.4 Å². The van der Waals surface area contributed by atoms with Gasteiger partial charge < -0.3 is 40.8 Å². The Morgan fingerprint density at radius 2 is 1.04 bits per heavy atom. The Morgan fingerprint density at radius 3 is 1.50 bits per heavy atom. The summed E-state index contributed by atoms with van der Waals surface area (Å²) in [6.07, 6.45) is 3.94. The monoisotopic (exact) mass is 790 g/mol. The molecule has 0 N–H and O–H groups in total. The third-order valence-electron chi connectivity index (χ3n) is 9.61. The Bertz CT molecular complexity index is 1330. The van der Waals surface area contributed by atoms with E-state index in [1.165, 1.54) is 19.4 Å². The molecule has 11 nitrogen and oxygen atoms in total. The molecule has 2 aromatic carbocycles. The molecule has 3 fully saturated rings. The van der Waals surface area contributed by atoms with Gasteiger partial charge in [-0.1, -0.05) is 24.3 Å². The number of aryl methyl sites for hydroxylation is 2. The topological polar surface area (TPSA) is 124 Å².